The summed E-state index contributed by atoms with van der Waals surface area (Å²) in [4.78, 5) is 0. The Bertz CT molecular complexity index is 94.2. The summed E-state index contributed by atoms with van der Waals surface area (Å²) < 4.78 is 0. The fraction of sp³-hybridized carbons (Fsp3) is 1.00. The number of hydrogen-bond acceptors (Lipinski definition) is 3. The zero-order valence-corrected chi connectivity index (χ0v) is 8.89. The SMILES string of the molecule is CCCCCCNCCCC(N)N. The summed E-state index contributed by atoms with van der Waals surface area (Å²) in [6.07, 6.45) is 7.18. The molecule has 3 nitrogen and oxygen atoms in total. The van der Waals surface area contributed by atoms with Gasteiger partial charge >= 0.3 is 0 Å². The maximum absolute atomic E-state index is 5.42. The highest BCUT2D eigenvalue weighted by molar-refractivity contribution is 4.54. The Morgan fingerprint density at radius 2 is 1.69 bits per heavy atom. The van der Waals surface area contributed by atoms with Crippen LogP contribution < -0.4 is 16.8 Å². The highest BCUT2D eigenvalue weighted by Crippen LogP contribution is 1.97. The van der Waals surface area contributed by atoms with Crippen LogP contribution in [0.2, 0.25) is 0 Å². The molecular formula is C10H25N3. The summed E-state index contributed by atoms with van der Waals surface area (Å²) in [5.74, 6) is 0. The molecule has 0 aliphatic rings. The zero-order valence-electron chi connectivity index (χ0n) is 8.89. The van der Waals surface area contributed by atoms with Gasteiger partial charge in [0.25, 0.3) is 0 Å². The summed E-state index contributed by atoms with van der Waals surface area (Å²) in [5, 5.41) is 3.39. The minimum Gasteiger partial charge on any atom is -0.317 e. The molecule has 0 aliphatic carbocycles. The van der Waals surface area contributed by atoms with E-state index in [1.807, 2.05) is 0 Å². The molecule has 0 rings (SSSR count). The molecule has 0 heterocycles. The van der Waals surface area contributed by atoms with E-state index in [-0.39, 0.29) is 6.17 Å². The van der Waals surface area contributed by atoms with Crippen LogP contribution in [-0.2, 0) is 0 Å². The Labute approximate surface area is 82.3 Å². The van der Waals surface area contributed by atoms with Crippen LogP contribution in [0.1, 0.15) is 45.4 Å². The Hall–Kier alpha value is -0.120. The Balaban J connectivity index is 2.84. The van der Waals surface area contributed by atoms with Crippen LogP contribution in [0.15, 0.2) is 0 Å². The van der Waals surface area contributed by atoms with Gasteiger partial charge in [-0.15, -0.1) is 0 Å². The van der Waals surface area contributed by atoms with Crippen LogP contribution in [-0.4, -0.2) is 19.3 Å². The third kappa shape index (κ3) is 11.9. The molecule has 80 valence electrons. The monoisotopic (exact) mass is 187 g/mol. The molecular weight excluding hydrogens is 162 g/mol. The molecule has 5 N–H and O–H groups in total. The number of rotatable bonds is 9. The van der Waals surface area contributed by atoms with Gasteiger partial charge in [-0.2, -0.15) is 0 Å². The largest absolute Gasteiger partial charge is 0.317 e. The number of nitrogens with one attached hydrogen (secondary N) is 1. The second-order valence-corrected chi connectivity index (χ2v) is 3.62. The van der Waals surface area contributed by atoms with E-state index >= 15 is 0 Å². The first-order chi connectivity index (χ1) is 6.27. The zero-order chi connectivity index (χ0) is 9.94. The standard InChI is InChI=1S/C10H25N3/c1-2-3-4-5-8-13-9-6-7-10(11)12/h10,13H,2-9,11-12H2,1H3. The highest BCUT2D eigenvalue weighted by atomic mass is 14.9. The lowest BCUT2D eigenvalue weighted by molar-refractivity contribution is 0.543. The van der Waals surface area contributed by atoms with E-state index in [1.165, 1.54) is 25.7 Å². The number of nitrogens with two attached hydrogens (primary N) is 2. The highest BCUT2D eigenvalue weighted by Gasteiger charge is 1.93. The predicted octanol–water partition coefficient (Wildman–Crippen LogP) is 1.18. The van der Waals surface area contributed by atoms with Crippen molar-refractivity contribution in [2.24, 2.45) is 11.5 Å². The van der Waals surface area contributed by atoms with Gasteiger partial charge in [0.15, 0.2) is 0 Å². The average molecular weight is 187 g/mol. The van der Waals surface area contributed by atoms with Crippen molar-refractivity contribution in [2.45, 2.75) is 51.6 Å². The van der Waals surface area contributed by atoms with Gasteiger partial charge in [0, 0.05) is 0 Å². The molecule has 13 heavy (non-hydrogen) atoms. The maximum atomic E-state index is 5.42. The van der Waals surface area contributed by atoms with Crippen molar-refractivity contribution in [3.63, 3.8) is 0 Å². The molecule has 0 aliphatic heterocycles. The minimum atomic E-state index is -0.137. The van der Waals surface area contributed by atoms with Gasteiger partial charge in [0.2, 0.25) is 0 Å². The topological polar surface area (TPSA) is 64.1 Å². The van der Waals surface area contributed by atoms with Crippen LogP contribution >= 0.6 is 0 Å². The quantitative estimate of drug-likeness (QED) is 0.375. The van der Waals surface area contributed by atoms with Gasteiger partial charge in [0.05, 0.1) is 6.17 Å². The van der Waals surface area contributed by atoms with E-state index in [4.69, 9.17) is 11.5 Å². The van der Waals surface area contributed by atoms with E-state index in [0.717, 1.165) is 25.9 Å². The van der Waals surface area contributed by atoms with Crippen LogP contribution in [0, 0.1) is 0 Å². The molecule has 0 aromatic rings. The molecule has 0 unspecified atom stereocenters. The fourth-order valence-corrected chi connectivity index (χ4v) is 1.26. The predicted molar refractivity (Wildman–Crippen MR) is 58.4 cm³/mol. The van der Waals surface area contributed by atoms with E-state index in [0.29, 0.717) is 0 Å². The van der Waals surface area contributed by atoms with Gasteiger partial charge in [-0.1, -0.05) is 26.2 Å². The maximum Gasteiger partial charge on any atom is 0.0521 e. The average Bonchev–Trinajstić information content (AvgIpc) is 2.09. The fourth-order valence-electron chi connectivity index (χ4n) is 1.26. The number of hydrogen-bond donors (Lipinski definition) is 3. The Morgan fingerprint density at radius 1 is 1.00 bits per heavy atom. The molecule has 3 heteroatoms. The van der Waals surface area contributed by atoms with Crippen LogP contribution in [0.4, 0.5) is 0 Å². The minimum absolute atomic E-state index is 0.137. The van der Waals surface area contributed by atoms with E-state index in [2.05, 4.69) is 12.2 Å². The summed E-state index contributed by atoms with van der Waals surface area (Å²) in [6, 6.07) is 0. The van der Waals surface area contributed by atoms with Crippen LogP contribution in [0.3, 0.4) is 0 Å². The summed E-state index contributed by atoms with van der Waals surface area (Å²) in [7, 11) is 0. The second-order valence-electron chi connectivity index (χ2n) is 3.62. The molecule has 0 fully saturated rings. The van der Waals surface area contributed by atoms with Crippen molar-refractivity contribution in [3.8, 4) is 0 Å². The van der Waals surface area contributed by atoms with Gasteiger partial charge in [-0.25, -0.2) is 0 Å². The van der Waals surface area contributed by atoms with Crippen molar-refractivity contribution >= 4 is 0 Å². The summed E-state index contributed by atoms with van der Waals surface area (Å²) in [5.41, 5.74) is 10.8. The van der Waals surface area contributed by atoms with Crippen LogP contribution in [0.25, 0.3) is 0 Å². The normalized spacial score (nSPS) is 11.1. The number of unbranched alkanes of at least 4 members (excludes halogenated alkanes) is 3. The summed E-state index contributed by atoms with van der Waals surface area (Å²) in [6.45, 7) is 4.42. The molecule has 0 aromatic carbocycles. The van der Waals surface area contributed by atoms with Gasteiger partial charge in [-0.3, -0.25) is 0 Å². The van der Waals surface area contributed by atoms with E-state index in [9.17, 15) is 0 Å². The Morgan fingerprint density at radius 3 is 2.31 bits per heavy atom. The first-order valence-corrected chi connectivity index (χ1v) is 5.49. The molecule has 0 saturated carbocycles. The van der Waals surface area contributed by atoms with Gasteiger partial charge < -0.3 is 16.8 Å². The van der Waals surface area contributed by atoms with Crippen LogP contribution in [0.5, 0.6) is 0 Å². The molecule has 0 radical (unpaired) electrons. The first-order valence-electron chi connectivity index (χ1n) is 5.49. The lowest BCUT2D eigenvalue weighted by Crippen LogP contribution is -2.31. The molecule has 0 bridgehead atoms. The van der Waals surface area contributed by atoms with Crippen molar-refractivity contribution < 1.29 is 0 Å². The Kier molecular flexibility index (Phi) is 9.87. The van der Waals surface area contributed by atoms with Crippen molar-refractivity contribution in [1.29, 1.82) is 0 Å². The third-order valence-corrected chi connectivity index (χ3v) is 2.10. The van der Waals surface area contributed by atoms with Gasteiger partial charge in [-0.05, 0) is 32.4 Å². The third-order valence-electron chi connectivity index (χ3n) is 2.10. The molecule has 0 aromatic heterocycles. The van der Waals surface area contributed by atoms with Crippen molar-refractivity contribution in [3.05, 3.63) is 0 Å². The summed E-state index contributed by atoms with van der Waals surface area (Å²) >= 11 is 0. The smallest absolute Gasteiger partial charge is 0.0521 e. The molecule has 0 saturated heterocycles. The lowest BCUT2D eigenvalue weighted by atomic mass is 10.2. The van der Waals surface area contributed by atoms with Crippen molar-refractivity contribution in [1.82, 2.24) is 5.32 Å². The second kappa shape index (κ2) is 9.96. The molecule has 0 amide bonds. The molecule has 0 atom stereocenters. The van der Waals surface area contributed by atoms with Gasteiger partial charge in [0.1, 0.15) is 0 Å². The van der Waals surface area contributed by atoms with E-state index in [1.54, 1.807) is 0 Å². The van der Waals surface area contributed by atoms with E-state index < -0.39 is 0 Å². The lowest BCUT2D eigenvalue weighted by Gasteiger charge is -2.06. The first kappa shape index (κ1) is 12.9. The van der Waals surface area contributed by atoms with Crippen molar-refractivity contribution in [2.75, 3.05) is 13.1 Å². The molecule has 0 spiro atoms.